The first-order valence-corrected chi connectivity index (χ1v) is 3.42. The molecule has 0 aromatic carbocycles. The van der Waals surface area contributed by atoms with Gasteiger partial charge >= 0.3 is 0 Å². The van der Waals surface area contributed by atoms with Crippen molar-refractivity contribution in [1.82, 2.24) is 0 Å². The van der Waals surface area contributed by atoms with Crippen LogP contribution in [0, 0.1) is 11.3 Å². The monoisotopic (exact) mass is 174 g/mol. The van der Waals surface area contributed by atoms with Gasteiger partial charge in [0.25, 0.3) is 0 Å². The minimum absolute atomic E-state index is 0. The predicted molar refractivity (Wildman–Crippen MR) is 45.8 cm³/mol. The molecular weight excluding hydrogens is 168 g/mol. The Morgan fingerprint density at radius 1 is 1.70 bits per heavy atom. The summed E-state index contributed by atoms with van der Waals surface area (Å²) < 4.78 is 0. The highest BCUT2D eigenvalue weighted by atomic mass is 35.5. The van der Waals surface area contributed by atoms with Crippen LogP contribution in [0.25, 0.3) is 0 Å². The van der Waals surface area contributed by atoms with Crippen LogP contribution in [0.2, 0.25) is 0 Å². The highest BCUT2D eigenvalue weighted by molar-refractivity contribution is 7.14. The van der Waals surface area contributed by atoms with Crippen LogP contribution in [0.5, 0.6) is 0 Å². The summed E-state index contributed by atoms with van der Waals surface area (Å²) >= 11 is 1.54. The zero-order valence-electron chi connectivity index (χ0n) is 5.42. The fourth-order valence-corrected chi connectivity index (χ4v) is 1.29. The third-order valence-electron chi connectivity index (χ3n) is 1.01. The molecule has 0 atom stereocenters. The van der Waals surface area contributed by atoms with Gasteiger partial charge in [0.1, 0.15) is 11.1 Å². The molecule has 0 radical (unpaired) electrons. The van der Waals surface area contributed by atoms with Crippen molar-refractivity contribution in [3.05, 3.63) is 17.0 Å². The number of nitrogens with one attached hydrogen (secondary N) is 1. The van der Waals surface area contributed by atoms with Crippen molar-refractivity contribution in [1.29, 1.82) is 5.26 Å². The first-order chi connectivity index (χ1) is 4.38. The number of halogens is 1. The maximum atomic E-state index is 8.46. The lowest BCUT2D eigenvalue weighted by Crippen LogP contribution is -1.84. The number of hydrogen-bond donors (Lipinski definition) is 1. The second-order valence-electron chi connectivity index (χ2n) is 1.53. The molecule has 0 fully saturated rings. The van der Waals surface area contributed by atoms with E-state index in [4.69, 9.17) is 5.26 Å². The molecule has 1 heterocycles. The lowest BCUT2D eigenvalue weighted by atomic mass is 10.3. The van der Waals surface area contributed by atoms with Crippen LogP contribution in [-0.2, 0) is 0 Å². The zero-order valence-corrected chi connectivity index (χ0v) is 7.05. The van der Waals surface area contributed by atoms with Crippen molar-refractivity contribution in [2.75, 3.05) is 12.4 Å². The van der Waals surface area contributed by atoms with Gasteiger partial charge in [-0.15, -0.1) is 23.7 Å². The van der Waals surface area contributed by atoms with Crippen molar-refractivity contribution >= 4 is 28.7 Å². The summed E-state index contributed by atoms with van der Waals surface area (Å²) in [5, 5.41) is 14.2. The van der Waals surface area contributed by atoms with E-state index in [-0.39, 0.29) is 12.4 Å². The van der Waals surface area contributed by atoms with Gasteiger partial charge in [-0.3, -0.25) is 0 Å². The average Bonchev–Trinajstić information content (AvgIpc) is 2.33. The van der Waals surface area contributed by atoms with E-state index in [0.717, 1.165) is 10.6 Å². The molecule has 0 spiro atoms. The van der Waals surface area contributed by atoms with E-state index < -0.39 is 0 Å². The lowest BCUT2D eigenvalue weighted by Gasteiger charge is -1.90. The summed E-state index contributed by atoms with van der Waals surface area (Å²) in [7, 11) is 1.81. The van der Waals surface area contributed by atoms with Gasteiger partial charge in [-0.1, -0.05) is 0 Å². The van der Waals surface area contributed by atoms with Crippen molar-refractivity contribution in [2.24, 2.45) is 0 Å². The largest absolute Gasteiger partial charge is 0.379 e. The average molecular weight is 175 g/mol. The number of hydrogen-bond acceptors (Lipinski definition) is 3. The van der Waals surface area contributed by atoms with E-state index in [2.05, 4.69) is 11.4 Å². The fraction of sp³-hybridized carbons (Fsp3) is 0.167. The minimum Gasteiger partial charge on any atom is -0.379 e. The summed E-state index contributed by atoms with van der Waals surface area (Å²) in [6.07, 6.45) is 0. The molecule has 0 aliphatic heterocycles. The van der Waals surface area contributed by atoms with E-state index in [1.165, 1.54) is 0 Å². The van der Waals surface area contributed by atoms with Gasteiger partial charge < -0.3 is 5.32 Å². The van der Waals surface area contributed by atoms with Crippen molar-refractivity contribution in [2.45, 2.75) is 0 Å². The van der Waals surface area contributed by atoms with Crippen molar-refractivity contribution in [3.8, 4) is 6.07 Å². The molecule has 0 saturated heterocycles. The molecular formula is C6H7ClN2S. The first-order valence-electron chi connectivity index (χ1n) is 2.54. The van der Waals surface area contributed by atoms with Crippen LogP contribution in [0.3, 0.4) is 0 Å². The molecule has 54 valence electrons. The van der Waals surface area contributed by atoms with Gasteiger partial charge in [0, 0.05) is 7.05 Å². The highest BCUT2D eigenvalue weighted by Crippen LogP contribution is 2.20. The van der Waals surface area contributed by atoms with Crippen LogP contribution >= 0.6 is 23.7 Å². The van der Waals surface area contributed by atoms with Gasteiger partial charge in [-0.25, -0.2) is 0 Å². The number of anilines is 1. The van der Waals surface area contributed by atoms with Crippen LogP contribution in [0.1, 0.15) is 5.56 Å². The van der Waals surface area contributed by atoms with Gasteiger partial charge in [0.05, 0.1) is 5.56 Å². The van der Waals surface area contributed by atoms with E-state index in [1.54, 1.807) is 17.4 Å². The topological polar surface area (TPSA) is 35.8 Å². The molecule has 4 heteroatoms. The highest BCUT2D eigenvalue weighted by Gasteiger charge is 1.97. The summed E-state index contributed by atoms with van der Waals surface area (Å²) in [6.45, 7) is 0. The molecule has 10 heavy (non-hydrogen) atoms. The van der Waals surface area contributed by atoms with Gasteiger partial charge in [0.15, 0.2) is 0 Å². The minimum atomic E-state index is 0. The Morgan fingerprint density at radius 3 is 2.80 bits per heavy atom. The van der Waals surface area contributed by atoms with Crippen LogP contribution in [-0.4, -0.2) is 7.05 Å². The molecule has 0 saturated carbocycles. The number of rotatable bonds is 1. The Balaban J connectivity index is 0.000000810. The summed E-state index contributed by atoms with van der Waals surface area (Å²) in [5.41, 5.74) is 0.725. The number of thiophene rings is 1. The molecule has 0 amide bonds. The lowest BCUT2D eigenvalue weighted by molar-refractivity contribution is 1.49. The second kappa shape index (κ2) is 4.15. The molecule has 0 unspecified atom stereocenters. The third-order valence-corrected chi connectivity index (χ3v) is 1.94. The van der Waals surface area contributed by atoms with E-state index in [0.29, 0.717) is 0 Å². The van der Waals surface area contributed by atoms with Gasteiger partial charge in [-0.2, -0.15) is 5.26 Å². The van der Waals surface area contributed by atoms with Crippen LogP contribution in [0.15, 0.2) is 11.4 Å². The summed E-state index contributed by atoms with van der Waals surface area (Å²) in [5.74, 6) is 0. The molecule has 1 aromatic heterocycles. The molecule has 2 nitrogen and oxygen atoms in total. The summed E-state index contributed by atoms with van der Waals surface area (Å²) in [6, 6.07) is 3.88. The molecule has 0 aliphatic rings. The van der Waals surface area contributed by atoms with E-state index in [9.17, 15) is 0 Å². The number of nitriles is 1. The fourth-order valence-electron chi connectivity index (χ4n) is 0.591. The molecule has 1 rings (SSSR count). The standard InChI is InChI=1S/C6H6N2S.ClH/c1-8-6-5(4-7)2-3-9-6;/h2-3,8H,1H3;1H. The van der Waals surface area contributed by atoms with Crippen molar-refractivity contribution in [3.63, 3.8) is 0 Å². The second-order valence-corrected chi connectivity index (χ2v) is 2.44. The van der Waals surface area contributed by atoms with Gasteiger partial charge in [0.2, 0.25) is 0 Å². The van der Waals surface area contributed by atoms with Crippen LogP contribution in [0.4, 0.5) is 5.00 Å². The summed E-state index contributed by atoms with van der Waals surface area (Å²) in [4.78, 5) is 0. The van der Waals surface area contributed by atoms with Crippen LogP contribution < -0.4 is 5.32 Å². The smallest absolute Gasteiger partial charge is 0.106 e. The maximum absolute atomic E-state index is 8.46. The Bertz CT molecular complexity index is 238. The van der Waals surface area contributed by atoms with Gasteiger partial charge in [-0.05, 0) is 11.4 Å². The van der Waals surface area contributed by atoms with Crippen molar-refractivity contribution < 1.29 is 0 Å². The Kier molecular flexibility index (Phi) is 3.85. The SMILES string of the molecule is CNc1sccc1C#N.Cl. The quantitative estimate of drug-likeness (QED) is 0.708. The Hall–Kier alpha value is -0.720. The predicted octanol–water partition coefficient (Wildman–Crippen LogP) is 2.08. The molecule has 1 aromatic rings. The molecule has 0 aliphatic carbocycles. The molecule has 1 N–H and O–H groups in total. The Labute approximate surface area is 69.9 Å². The zero-order chi connectivity index (χ0) is 6.69. The van der Waals surface area contributed by atoms with E-state index >= 15 is 0 Å². The Morgan fingerprint density at radius 2 is 2.40 bits per heavy atom. The maximum Gasteiger partial charge on any atom is 0.106 e. The first kappa shape index (κ1) is 9.28. The normalized spacial score (nSPS) is 7.60. The molecule has 0 bridgehead atoms. The third kappa shape index (κ3) is 1.63. The number of nitrogens with zero attached hydrogens (tertiary/aromatic N) is 1. The van der Waals surface area contributed by atoms with E-state index in [1.807, 2.05) is 12.4 Å².